The smallest absolute Gasteiger partial charge is 0.251 e. The normalized spacial score (nSPS) is 11.1. The van der Waals surface area contributed by atoms with Crippen LogP contribution in [0.5, 0.6) is 11.5 Å². The highest BCUT2D eigenvalue weighted by Gasteiger charge is 2.23. The summed E-state index contributed by atoms with van der Waals surface area (Å²) in [6.45, 7) is 11.1. The molecule has 0 spiro atoms. The van der Waals surface area contributed by atoms with Crippen molar-refractivity contribution in [1.82, 2.24) is 5.32 Å². The summed E-state index contributed by atoms with van der Waals surface area (Å²) in [5, 5.41) is 3.09. The summed E-state index contributed by atoms with van der Waals surface area (Å²) in [4.78, 5) is 12.4. The zero-order valence-corrected chi connectivity index (χ0v) is 13.8. The second-order valence-corrected chi connectivity index (χ2v) is 5.25. The van der Waals surface area contributed by atoms with E-state index in [1.165, 1.54) is 0 Å². The maximum atomic E-state index is 12.4. The van der Waals surface area contributed by atoms with Gasteiger partial charge in [0.1, 0.15) is 0 Å². The molecule has 1 rings (SSSR count). The molecular weight excluding hydrogens is 266 g/mol. The van der Waals surface area contributed by atoms with Crippen LogP contribution in [0.3, 0.4) is 0 Å². The Morgan fingerprint density at radius 3 is 2.14 bits per heavy atom. The van der Waals surface area contributed by atoms with Crippen LogP contribution in [-0.2, 0) is 0 Å². The molecule has 4 nitrogen and oxygen atoms in total. The lowest BCUT2D eigenvalue weighted by atomic mass is 9.95. The summed E-state index contributed by atoms with van der Waals surface area (Å²) in [5.41, 5.74) is 0.414. The first-order valence-electron chi connectivity index (χ1n) is 7.71. The van der Waals surface area contributed by atoms with Gasteiger partial charge in [0.2, 0.25) is 0 Å². The van der Waals surface area contributed by atoms with Gasteiger partial charge in [0.25, 0.3) is 5.91 Å². The second-order valence-electron chi connectivity index (χ2n) is 5.25. The van der Waals surface area contributed by atoms with E-state index in [1.54, 1.807) is 18.2 Å². The van der Waals surface area contributed by atoms with Gasteiger partial charge in [0, 0.05) is 11.1 Å². The number of hydrogen-bond acceptors (Lipinski definition) is 3. The van der Waals surface area contributed by atoms with E-state index in [2.05, 4.69) is 26.1 Å². The van der Waals surface area contributed by atoms with Crippen molar-refractivity contribution in [3.63, 3.8) is 0 Å². The van der Waals surface area contributed by atoms with E-state index in [1.807, 2.05) is 13.8 Å². The summed E-state index contributed by atoms with van der Waals surface area (Å²) < 4.78 is 11.1. The van der Waals surface area contributed by atoms with Crippen molar-refractivity contribution < 1.29 is 14.3 Å². The SMILES string of the molecule is CCOc1ccc(C(=O)NC(C)(CC)CC)cc1OCC. The van der Waals surface area contributed by atoms with Crippen LogP contribution >= 0.6 is 0 Å². The van der Waals surface area contributed by atoms with Gasteiger partial charge >= 0.3 is 0 Å². The largest absolute Gasteiger partial charge is 0.490 e. The molecule has 0 radical (unpaired) electrons. The zero-order chi connectivity index (χ0) is 15.9. The Balaban J connectivity index is 2.97. The minimum atomic E-state index is -0.179. The summed E-state index contributed by atoms with van der Waals surface area (Å²) in [5.74, 6) is 1.21. The molecule has 1 amide bonds. The molecule has 0 aliphatic carbocycles. The Labute approximate surface area is 127 Å². The van der Waals surface area contributed by atoms with Crippen LogP contribution in [-0.4, -0.2) is 24.7 Å². The van der Waals surface area contributed by atoms with E-state index in [-0.39, 0.29) is 11.4 Å². The molecule has 0 aliphatic heterocycles. The lowest BCUT2D eigenvalue weighted by Gasteiger charge is -2.28. The fourth-order valence-corrected chi connectivity index (χ4v) is 1.97. The van der Waals surface area contributed by atoms with Crippen molar-refractivity contribution in [1.29, 1.82) is 0 Å². The van der Waals surface area contributed by atoms with E-state index >= 15 is 0 Å². The van der Waals surface area contributed by atoms with Crippen LogP contribution in [0, 0.1) is 0 Å². The third-order valence-electron chi connectivity index (χ3n) is 3.78. The molecule has 0 saturated carbocycles. The Morgan fingerprint density at radius 1 is 1.05 bits per heavy atom. The average Bonchev–Trinajstić information content (AvgIpc) is 2.49. The van der Waals surface area contributed by atoms with Crippen molar-refractivity contribution in [3.05, 3.63) is 23.8 Å². The third kappa shape index (κ3) is 4.66. The first kappa shape index (κ1) is 17.3. The topological polar surface area (TPSA) is 47.6 Å². The molecule has 0 heterocycles. The molecule has 4 heteroatoms. The third-order valence-corrected chi connectivity index (χ3v) is 3.78. The summed E-state index contributed by atoms with van der Waals surface area (Å²) in [6, 6.07) is 5.31. The molecule has 1 N–H and O–H groups in total. The van der Waals surface area contributed by atoms with E-state index < -0.39 is 0 Å². The number of ether oxygens (including phenoxy) is 2. The molecule has 118 valence electrons. The molecule has 1 aromatic rings. The standard InChI is InChI=1S/C17H27NO3/c1-6-17(5,7-2)18-16(19)13-10-11-14(20-8-3)15(12-13)21-9-4/h10-12H,6-9H2,1-5H3,(H,18,19). The fourth-order valence-electron chi connectivity index (χ4n) is 1.97. The zero-order valence-electron chi connectivity index (χ0n) is 13.8. The van der Waals surface area contributed by atoms with Gasteiger partial charge in [-0.1, -0.05) is 13.8 Å². The van der Waals surface area contributed by atoms with Gasteiger partial charge in [0.05, 0.1) is 13.2 Å². The number of carbonyl (C=O) groups is 1. The minimum absolute atomic E-state index is 0.0785. The van der Waals surface area contributed by atoms with Gasteiger partial charge < -0.3 is 14.8 Å². The number of carbonyl (C=O) groups excluding carboxylic acids is 1. The second kappa shape index (κ2) is 7.91. The van der Waals surface area contributed by atoms with Crippen LogP contribution in [0.1, 0.15) is 57.8 Å². The molecule has 0 aromatic heterocycles. The Bertz CT molecular complexity index is 467. The molecule has 0 aliphatic rings. The highest BCUT2D eigenvalue weighted by Crippen LogP contribution is 2.29. The monoisotopic (exact) mass is 293 g/mol. The Hall–Kier alpha value is -1.71. The molecule has 21 heavy (non-hydrogen) atoms. The highest BCUT2D eigenvalue weighted by molar-refractivity contribution is 5.95. The van der Waals surface area contributed by atoms with E-state index in [4.69, 9.17) is 9.47 Å². The predicted molar refractivity (Wildman–Crippen MR) is 85.2 cm³/mol. The maximum Gasteiger partial charge on any atom is 0.251 e. The maximum absolute atomic E-state index is 12.4. The van der Waals surface area contributed by atoms with Crippen molar-refractivity contribution in [2.24, 2.45) is 0 Å². The molecule has 0 bridgehead atoms. The van der Waals surface area contributed by atoms with Crippen molar-refractivity contribution in [2.45, 2.75) is 53.0 Å². The number of nitrogens with one attached hydrogen (secondary N) is 1. The predicted octanol–water partition coefficient (Wildman–Crippen LogP) is 3.79. The Kier molecular flexibility index (Phi) is 6.53. The van der Waals surface area contributed by atoms with Gasteiger partial charge in [-0.25, -0.2) is 0 Å². The van der Waals surface area contributed by atoms with Crippen LogP contribution in [0.2, 0.25) is 0 Å². The van der Waals surface area contributed by atoms with Gasteiger partial charge in [-0.05, 0) is 51.8 Å². The van der Waals surface area contributed by atoms with Gasteiger partial charge in [-0.2, -0.15) is 0 Å². The first-order valence-corrected chi connectivity index (χ1v) is 7.71. The molecule has 0 unspecified atom stereocenters. The highest BCUT2D eigenvalue weighted by atomic mass is 16.5. The van der Waals surface area contributed by atoms with E-state index in [9.17, 15) is 4.79 Å². The lowest BCUT2D eigenvalue weighted by Crippen LogP contribution is -2.44. The van der Waals surface area contributed by atoms with Crippen molar-refractivity contribution >= 4 is 5.91 Å². The van der Waals surface area contributed by atoms with Crippen LogP contribution in [0.25, 0.3) is 0 Å². The molecule has 1 aromatic carbocycles. The number of amides is 1. The van der Waals surface area contributed by atoms with Gasteiger partial charge in [-0.3, -0.25) is 4.79 Å². The molecule has 0 atom stereocenters. The number of hydrogen-bond donors (Lipinski definition) is 1. The molecular formula is C17H27NO3. The van der Waals surface area contributed by atoms with Gasteiger partial charge in [0.15, 0.2) is 11.5 Å². The lowest BCUT2D eigenvalue weighted by molar-refractivity contribution is 0.0900. The quantitative estimate of drug-likeness (QED) is 0.793. The molecule has 0 fully saturated rings. The Morgan fingerprint density at radius 2 is 1.62 bits per heavy atom. The van der Waals surface area contributed by atoms with Gasteiger partial charge in [-0.15, -0.1) is 0 Å². The number of benzene rings is 1. The molecule has 0 saturated heterocycles. The average molecular weight is 293 g/mol. The fraction of sp³-hybridized carbons (Fsp3) is 0.588. The van der Waals surface area contributed by atoms with Crippen LogP contribution in [0.4, 0.5) is 0 Å². The summed E-state index contributed by atoms with van der Waals surface area (Å²) in [6.07, 6.45) is 1.79. The van der Waals surface area contributed by atoms with E-state index in [0.29, 0.717) is 30.3 Å². The summed E-state index contributed by atoms with van der Waals surface area (Å²) in [7, 11) is 0. The minimum Gasteiger partial charge on any atom is -0.490 e. The van der Waals surface area contributed by atoms with Crippen molar-refractivity contribution in [3.8, 4) is 11.5 Å². The van der Waals surface area contributed by atoms with Crippen molar-refractivity contribution in [2.75, 3.05) is 13.2 Å². The van der Waals surface area contributed by atoms with Crippen LogP contribution < -0.4 is 14.8 Å². The summed E-state index contributed by atoms with van der Waals surface area (Å²) >= 11 is 0. The van der Waals surface area contributed by atoms with E-state index in [0.717, 1.165) is 12.8 Å². The number of rotatable bonds is 8. The van der Waals surface area contributed by atoms with Crippen LogP contribution in [0.15, 0.2) is 18.2 Å². The first-order chi connectivity index (χ1) is 9.99.